The summed E-state index contributed by atoms with van der Waals surface area (Å²) in [6.45, 7) is 9.35. The molecular formula is C51H91NO6. The summed E-state index contributed by atoms with van der Waals surface area (Å²) in [5, 5.41) is 0. The van der Waals surface area contributed by atoms with Crippen LogP contribution in [-0.2, 0) is 28.6 Å². The van der Waals surface area contributed by atoms with Gasteiger partial charge in [0.25, 0.3) is 0 Å². The SMILES string of the molecule is CCCC/C=C\CCCCCCCC(=O)OCC(COC(=O)CCCCCCC/C=C\CCCC)(COC(=O)CCCCCCC/C=C\CCCC)CN1CCCC1. The lowest BCUT2D eigenvalue weighted by atomic mass is 9.90. The van der Waals surface area contributed by atoms with Gasteiger partial charge in [0.05, 0.1) is 5.41 Å². The smallest absolute Gasteiger partial charge is 0.305 e. The zero-order valence-corrected chi connectivity index (χ0v) is 38.2. The minimum atomic E-state index is -0.800. The van der Waals surface area contributed by atoms with Crippen molar-refractivity contribution in [1.82, 2.24) is 4.90 Å². The van der Waals surface area contributed by atoms with Gasteiger partial charge in [0.1, 0.15) is 19.8 Å². The summed E-state index contributed by atoms with van der Waals surface area (Å²) in [6.07, 6.45) is 47.5. The van der Waals surface area contributed by atoms with Gasteiger partial charge in [-0.05, 0) is 103 Å². The molecular weight excluding hydrogens is 723 g/mol. The monoisotopic (exact) mass is 814 g/mol. The molecule has 1 aliphatic heterocycles. The fourth-order valence-electron chi connectivity index (χ4n) is 7.45. The Hall–Kier alpha value is -2.41. The molecule has 1 rings (SSSR count). The molecule has 7 heteroatoms. The van der Waals surface area contributed by atoms with Crippen LogP contribution in [-0.4, -0.2) is 62.3 Å². The van der Waals surface area contributed by atoms with E-state index >= 15 is 0 Å². The highest BCUT2D eigenvalue weighted by Crippen LogP contribution is 2.26. The van der Waals surface area contributed by atoms with Crippen molar-refractivity contribution in [3.8, 4) is 0 Å². The Morgan fingerprint density at radius 2 is 0.690 bits per heavy atom. The van der Waals surface area contributed by atoms with Crippen molar-refractivity contribution < 1.29 is 28.6 Å². The van der Waals surface area contributed by atoms with E-state index in [4.69, 9.17) is 14.2 Å². The molecule has 0 spiro atoms. The molecule has 0 aromatic carbocycles. The van der Waals surface area contributed by atoms with E-state index in [1.165, 1.54) is 96.3 Å². The van der Waals surface area contributed by atoms with Crippen LogP contribution in [0.25, 0.3) is 0 Å². The molecule has 1 aliphatic rings. The van der Waals surface area contributed by atoms with Crippen molar-refractivity contribution in [3.05, 3.63) is 36.5 Å². The molecule has 0 aromatic rings. The fraction of sp³-hybridized carbons (Fsp3) is 0.824. The summed E-state index contributed by atoms with van der Waals surface area (Å²) in [5.74, 6) is -0.680. The van der Waals surface area contributed by atoms with Crippen LogP contribution in [0.1, 0.15) is 226 Å². The second-order valence-corrected chi connectivity index (χ2v) is 17.2. The number of nitrogens with zero attached hydrogens (tertiary/aromatic N) is 1. The van der Waals surface area contributed by atoms with E-state index < -0.39 is 5.41 Å². The van der Waals surface area contributed by atoms with Crippen LogP contribution >= 0.6 is 0 Å². The summed E-state index contributed by atoms with van der Waals surface area (Å²) in [5.41, 5.74) is -0.800. The lowest BCUT2D eigenvalue weighted by Gasteiger charge is -2.35. The number of hydrogen-bond acceptors (Lipinski definition) is 7. The molecule has 0 atom stereocenters. The summed E-state index contributed by atoms with van der Waals surface area (Å²) in [7, 11) is 0. The Morgan fingerprint density at radius 3 is 1.00 bits per heavy atom. The number of esters is 3. The molecule has 1 saturated heterocycles. The highest BCUT2D eigenvalue weighted by molar-refractivity contribution is 5.70. The van der Waals surface area contributed by atoms with Crippen LogP contribution in [0.5, 0.6) is 0 Å². The second-order valence-electron chi connectivity index (χ2n) is 17.2. The number of allylic oxidation sites excluding steroid dienone is 6. The standard InChI is InChI=1S/C51H91NO6/c1-4-7-10-13-16-19-22-25-28-31-34-39-48(53)56-45-51(44-52-42-37-38-43-52,46-57-49(54)40-35-32-29-26-23-20-17-14-11-8-5-2)47-58-50(55)41-36-33-30-27-24-21-18-15-12-9-6-3/h13-18H,4-12,19-47H2,1-3H3/b16-13-,17-14-,18-15-. The zero-order valence-electron chi connectivity index (χ0n) is 38.2. The van der Waals surface area contributed by atoms with Crippen molar-refractivity contribution in [1.29, 1.82) is 0 Å². The van der Waals surface area contributed by atoms with Crippen molar-refractivity contribution in [2.45, 2.75) is 226 Å². The van der Waals surface area contributed by atoms with E-state index in [9.17, 15) is 14.4 Å². The molecule has 7 nitrogen and oxygen atoms in total. The molecule has 1 fully saturated rings. The minimum Gasteiger partial charge on any atom is -0.465 e. The van der Waals surface area contributed by atoms with E-state index in [0.717, 1.165) is 103 Å². The van der Waals surface area contributed by atoms with Crippen molar-refractivity contribution in [2.24, 2.45) is 5.41 Å². The third-order valence-electron chi connectivity index (χ3n) is 11.3. The van der Waals surface area contributed by atoms with Gasteiger partial charge in [-0.1, -0.05) is 154 Å². The van der Waals surface area contributed by atoms with Gasteiger partial charge in [-0.15, -0.1) is 0 Å². The molecule has 0 aromatic heterocycles. The van der Waals surface area contributed by atoms with Crippen LogP contribution < -0.4 is 0 Å². The fourth-order valence-corrected chi connectivity index (χ4v) is 7.45. The molecule has 0 radical (unpaired) electrons. The normalized spacial score (nSPS) is 13.7. The molecule has 0 bridgehead atoms. The van der Waals surface area contributed by atoms with Crippen LogP contribution in [0.4, 0.5) is 0 Å². The molecule has 1 heterocycles. The number of carbonyl (C=O) groups excluding carboxylic acids is 3. The lowest BCUT2D eigenvalue weighted by Crippen LogP contribution is -2.47. The van der Waals surface area contributed by atoms with Crippen molar-refractivity contribution in [2.75, 3.05) is 39.5 Å². The van der Waals surface area contributed by atoms with E-state index in [1.54, 1.807) is 0 Å². The number of likely N-dealkylation sites (tertiary alicyclic amines) is 1. The first-order valence-electron chi connectivity index (χ1n) is 24.6. The average molecular weight is 814 g/mol. The zero-order chi connectivity index (χ0) is 42.0. The number of carbonyl (C=O) groups is 3. The predicted molar refractivity (Wildman–Crippen MR) is 244 cm³/mol. The third-order valence-corrected chi connectivity index (χ3v) is 11.3. The number of unbranched alkanes of at least 4 members (excludes halogenated alkanes) is 21. The van der Waals surface area contributed by atoms with E-state index in [1.807, 2.05) is 0 Å². The molecule has 0 saturated carbocycles. The molecule has 336 valence electrons. The number of hydrogen-bond donors (Lipinski definition) is 0. The average Bonchev–Trinajstić information content (AvgIpc) is 3.74. The van der Waals surface area contributed by atoms with Gasteiger partial charge in [-0.2, -0.15) is 0 Å². The Balaban J connectivity index is 2.66. The molecule has 0 unspecified atom stereocenters. The first-order chi connectivity index (χ1) is 28.4. The van der Waals surface area contributed by atoms with Gasteiger partial charge in [-0.3, -0.25) is 14.4 Å². The largest absolute Gasteiger partial charge is 0.465 e. The maximum Gasteiger partial charge on any atom is 0.305 e. The first-order valence-corrected chi connectivity index (χ1v) is 24.6. The Morgan fingerprint density at radius 1 is 0.414 bits per heavy atom. The molecule has 0 aliphatic carbocycles. The van der Waals surface area contributed by atoms with E-state index in [-0.39, 0.29) is 37.7 Å². The quantitative estimate of drug-likeness (QED) is 0.0263. The van der Waals surface area contributed by atoms with Gasteiger partial charge >= 0.3 is 17.9 Å². The Labute approximate surface area is 357 Å². The van der Waals surface area contributed by atoms with Crippen LogP contribution in [0.15, 0.2) is 36.5 Å². The third kappa shape index (κ3) is 33.4. The minimum absolute atomic E-state index is 0.0764. The second kappa shape index (κ2) is 40.0. The van der Waals surface area contributed by atoms with Crippen molar-refractivity contribution in [3.63, 3.8) is 0 Å². The topological polar surface area (TPSA) is 82.1 Å². The summed E-state index contributed by atoms with van der Waals surface area (Å²) in [4.78, 5) is 41.5. The van der Waals surface area contributed by atoms with Gasteiger partial charge < -0.3 is 19.1 Å². The van der Waals surface area contributed by atoms with Gasteiger partial charge in [0, 0.05) is 25.8 Å². The van der Waals surface area contributed by atoms with Crippen LogP contribution in [0.3, 0.4) is 0 Å². The molecule has 0 amide bonds. The molecule has 58 heavy (non-hydrogen) atoms. The van der Waals surface area contributed by atoms with E-state index in [2.05, 4.69) is 62.1 Å². The highest BCUT2D eigenvalue weighted by atomic mass is 16.6. The van der Waals surface area contributed by atoms with Crippen LogP contribution in [0.2, 0.25) is 0 Å². The highest BCUT2D eigenvalue weighted by Gasteiger charge is 2.38. The van der Waals surface area contributed by atoms with Gasteiger partial charge in [-0.25, -0.2) is 0 Å². The maximum atomic E-state index is 13.1. The maximum absolute atomic E-state index is 13.1. The summed E-state index contributed by atoms with van der Waals surface area (Å²) >= 11 is 0. The predicted octanol–water partition coefficient (Wildman–Crippen LogP) is 14.1. The van der Waals surface area contributed by atoms with Gasteiger partial charge in [0.2, 0.25) is 0 Å². The first kappa shape index (κ1) is 53.6. The number of rotatable bonds is 41. The Bertz CT molecular complexity index is 944. The van der Waals surface area contributed by atoms with E-state index in [0.29, 0.717) is 25.8 Å². The van der Waals surface area contributed by atoms with Crippen LogP contribution in [0, 0.1) is 5.41 Å². The summed E-state index contributed by atoms with van der Waals surface area (Å²) in [6, 6.07) is 0. The van der Waals surface area contributed by atoms with Crippen molar-refractivity contribution >= 4 is 17.9 Å². The number of ether oxygens (including phenoxy) is 3. The Kier molecular flexibility index (Phi) is 37.0. The van der Waals surface area contributed by atoms with Gasteiger partial charge in [0.15, 0.2) is 0 Å². The lowest BCUT2D eigenvalue weighted by molar-refractivity contribution is -0.163. The summed E-state index contributed by atoms with van der Waals surface area (Å²) < 4.78 is 17.9. The molecule has 0 N–H and O–H groups in total.